The average molecular weight is 376 g/mol. The molecule has 0 unspecified atom stereocenters. The SMILES string of the molecule is [Br-].c1ccc(-c2cccc(-c3ccccc3)[se+]2)cc1. The van der Waals surface area contributed by atoms with Gasteiger partial charge in [-0.15, -0.1) is 0 Å². The number of hydrogen-bond acceptors (Lipinski definition) is 0. The van der Waals surface area contributed by atoms with Gasteiger partial charge in [0.1, 0.15) is 0 Å². The first-order valence-electron chi connectivity index (χ1n) is 5.97. The summed E-state index contributed by atoms with van der Waals surface area (Å²) in [6.07, 6.45) is 0. The molecule has 0 aliphatic heterocycles. The molecule has 94 valence electrons. The van der Waals surface area contributed by atoms with Gasteiger partial charge in [-0.1, -0.05) is 0 Å². The summed E-state index contributed by atoms with van der Waals surface area (Å²) in [5.74, 6) is 0. The Bertz CT molecular complexity index is 581. The quantitative estimate of drug-likeness (QED) is 0.593. The Labute approximate surface area is 130 Å². The van der Waals surface area contributed by atoms with Gasteiger partial charge in [0.15, 0.2) is 0 Å². The molecule has 0 amide bonds. The van der Waals surface area contributed by atoms with Crippen LogP contribution in [0.25, 0.3) is 20.0 Å². The Morgan fingerprint density at radius 1 is 0.474 bits per heavy atom. The molecule has 1 heterocycles. The Morgan fingerprint density at radius 2 is 0.895 bits per heavy atom. The predicted molar refractivity (Wildman–Crippen MR) is 78.7 cm³/mol. The summed E-state index contributed by atoms with van der Waals surface area (Å²) in [5, 5.41) is 0. The summed E-state index contributed by atoms with van der Waals surface area (Å²) in [7, 11) is 0. The zero-order valence-electron chi connectivity index (χ0n) is 10.3. The normalized spacial score (nSPS) is 9.68. The molecular weight excluding hydrogens is 363 g/mol. The standard InChI is InChI=1S/C17H13Se.BrH/c1-3-8-14(9-4-1)16-12-7-13-17(18-16)15-10-5-2-6-11-15;/h1-13H;1H/q+1;/p-1. The number of hydrogen-bond donors (Lipinski definition) is 0. The van der Waals surface area contributed by atoms with Gasteiger partial charge in [-0.05, 0) is 0 Å². The first kappa shape index (κ1) is 14.2. The van der Waals surface area contributed by atoms with Gasteiger partial charge in [0.2, 0.25) is 0 Å². The summed E-state index contributed by atoms with van der Waals surface area (Å²) in [4.78, 5) is 0. The minimum atomic E-state index is 0. The van der Waals surface area contributed by atoms with E-state index in [2.05, 4.69) is 78.9 Å². The van der Waals surface area contributed by atoms with Gasteiger partial charge < -0.3 is 17.0 Å². The summed E-state index contributed by atoms with van der Waals surface area (Å²) >= 11 is 0.386. The molecule has 0 N–H and O–H groups in total. The van der Waals surface area contributed by atoms with E-state index in [1.54, 1.807) is 0 Å². The van der Waals surface area contributed by atoms with Crippen molar-refractivity contribution in [2.45, 2.75) is 0 Å². The van der Waals surface area contributed by atoms with Gasteiger partial charge in [-0.25, -0.2) is 0 Å². The van der Waals surface area contributed by atoms with Crippen LogP contribution in [-0.4, -0.2) is 14.5 Å². The summed E-state index contributed by atoms with van der Waals surface area (Å²) in [5.41, 5.74) is 2.69. The van der Waals surface area contributed by atoms with Crippen molar-refractivity contribution in [1.29, 1.82) is 0 Å². The topological polar surface area (TPSA) is 0 Å². The van der Waals surface area contributed by atoms with Gasteiger partial charge >= 0.3 is 113 Å². The van der Waals surface area contributed by atoms with E-state index < -0.39 is 0 Å². The van der Waals surface area contributed by atoms with Crippen molar-refractivity contribution < 1.29 is 17.0 Å². The molecular formula is C17H13BrSe. The van der Waals surface area contributed by atoms with Crippen molar-refractivity contribution in [2.24, 2.45) is 0 Å². The minimum absolute atomic E-state index is 0. The fourth-order valence-corrected chi connectivity index (χ4v) is 4.10. The molecule has 2 heteroatoms. The maximum absolute atomic E-state index is 2.24. The van der Waals surface area contributed by atoms with Crippen LogP contribution in [0.3, 0.4) is 0 Å². The Morgan fingerprint density at radius 3 is 1.32 bits per heavy atom. The van der Waals surface area contributed by atoms with E-state index in [0.717, 1.165) is 0 Å². The first-order valence-corrected chi connectivity index (χ1v) is 7.69. The fourth-order valence-electron chi connectivity index (χ4n) is 1.92. The third-order valence-corrected chi connectivity index (χ3v) is 5.31. The molecule has 0 bridgehead atoms. The van der Waals surface area contributed by atoms with E-state index in [4.69, 9.17) is 0 Å². The third-order valence-electron chi connectivity index (χ3n) is 2.83. The van der Waals surface area contributed by atoms with Gasteiger partial charge in [-0.2, -0.15) is 0 Å². The van der Waals surface area contributed by atoms with E-state index in [1.807, 2.05) is 0 Å². The van der Waals surface area contributed by atoms with Gasteiger partial charge in [0.25, 0.3) is 0 Å². The second-order valence-corrected chi connectivity index (χ2v) is 6.36. The van der Waals surface area contributed by atoms with Gasteiger partial charge in [0.05, 0.1) is 0 Å². The second-order valence-electron chi connectivity index (χ2n) is 4.09. The van der Waals surface area contributed by atoms with Gasteiger partial charge in [-0.3, -0.25) is 0 Å². The van der Waals surface area contributed by atoms with Crippen LogP contribution in [0, 0.1) is 0 Å². The molecule has 0 nitrogen and oxygen atoms in total. The maximum atomic E-state index is 2.24. The Kier molecular flexibility index (Phi) is 5.09. The van der Waals surface area contributed by atoms with Crippen LogP contribution in [0.1, 0.15) is 0 Å². The molecule has 0 atom stereocenters. The van der Waals surface area contributed by atoms with Crippen molar-refractivity contribution in [3.05, 3.63) is 78.9 Å². The van der Waals surface area contributed by atoms with E-state index in [1.165, 1.54) is 20.0 Å². The fraction of sp³-hybridized carbons (Fsp3) is 0. The molecule has 19 heavy (non-hydrogen) atoms. The van der Waals surface area contributed by atoms with Crippen LogP contribution >= 0.6 is 0 Å². The first-order chi connectivity index (χ1) is 8.93. The van der Waals surface area contributed by atoms with E-state index in [-0.39, 0.29) is 17.0 Å². The number of halogens is 1. The molecule has 0 spiro atoms. The van der Waals surface area contributed by atoms with Crippen LogP contribution in [0.15, 0.2) is 78.9 Å². The van der Waals surface area contributed by atoms with Crippen LogP contribution in [0.4, 0.5) is 0 Å². The Balaban J connectivity index is 0.00000133. The summed E-state index contributed by atoms with van der Waals surface area (Å²) in [6, 6.07) is 27.9. The molecule has 3 rings (SSSR count). The molecule has 0 radical (unpaired) electrons. The number of benzene rings is 2. The Hall–Kier alpha value is -1.21. The second kappa shape index (κ2) is 6.81. The van der Waals surface area contributed by atoms with Crippen LogP contribution in [0.5, 0.6) is 0 Å². The molecule has 0 saturated carbocycles. The zero-order valence-corrected chi connectivity index (χ0v) is 13.6. The van der Waals surface area contributed by atoms with Crippen molar-refractivity contribution in [1.82, 2.24) is 0 Å². The van der Waals surface area contributed by atoms with Crippen molar-refractivity contribution >= 4 is 14.5 Å². The summed E-state index contributed by atoms with van der Waals surface area (Å²) < 4.78 is 2.90. The van der Waals surface area contributed by atoms with E-state index in [0.29, 0.717) is 14.5 Å². The molecule has 2 aromatic carbocycles. The monoisotopic (exact) mass is 376 g/mol. The average Bonchev–Trinajstić information content (AvgIpc) is 2.49. The van der Waals surface area contributed by atoms with Gasteiger partial charge in [0, 0.05) is 0 Å². The molecule has 0 fully saturated rings. The molecule has 0 saturated heterocycles. The van der Waals surface area contributed by atoms with Crippen molar-refractivity contribution in [3.63, 3.8) is 0 Å². The van der Waals surface area contributed by atoms with Crippen LogP contribution < -0.4 is 17.0 Å². The van der Waals surface area contributed by atoms with Crippen LogP contribution in [0.2, 0.25) is 0 Å². The predicted octanol–water partition coefficient (Wildman–Crippen LogP) is 1.36. The van der Waals surface area contributed by atoms with Crippen molar-refractivity contribution in [2.75, 3.05) is 0 Å². The van der Waals surface area contributed by atoms with Crippen LogP contribution in [-0.2, 0) is 0 Å². The molecule has 0 aliphatic rings. The summed E-state index contributed by atoms with van der Waals surface area (Å²) in [6.45, 7) is 0. The molecule has 1 aromatic heterocycles. The van der Waals surface area contributed by atoms with Crippen molar-refractivity contribution in [3.8, 4) is 20.0 Å². The van der Waals surface area contributed by atoms with E-state index >= 15 is 0 Å². The third kappa shape index (κ3) is 3.42. The molecule has 3 aromatic rings. The molecule has 0 aliphatic carbocycles. The van der Waals surface area contributed by atoms with E-state index in [9.17, 15) is 0 Å². The zero-order chi connectivity index (χ0) is 12.2. The number of rotatable bonds is 2.